The molecule has 0 aromatic heterocycles. The molecular weight excluding hydrogens is 217 g/mol. The van der Waals surface area contributed by atoms with E-state index in [1.807, 2.05) is 0 Å². The zero-order valence-electron chi connectivity index (χ0n) is 11.2. The third-order valence-corrected chi connectivity index (χ3v) is 2.46. The van der Waals surface area contributed by atoms with E-state index in [-0.39, 0.29) is 17.1 Å². The Bertz CT molecular complexity index is 421. The zero-order valence-corrected chi connectivity index (χ0v) is 11.2. The van der Waals surface area contributed by atoms with Gasteiger partial charge in [-0.3, -0.25) is 4.79 Å². The van der Waals surface area contributed by atoms with Crippen molar-refractivity contribution in [3.8, 4) is 0 Å². The van der Waals surface area contributed by atoms with Gasteiger partial charge < -0.3 is 4.90 Å². The van der Waals surface area contributed by atoms with Gasteiger partial charge in [0, 0.05) is 19.2 Å². The second-order valence-electron chi connectivity index (χ2n) is 5.69. The van der Waals surface area contributed by atoms with Crippen LogP contribution in [0.5, 0.6) is 0 Å². The van der Waals surface area contributed by atoms with Crippen molar-refractivity contribution in [2.75, 3.05) is 13.6 Å². The van der Waals surface area contributed by atoms with Crippen molar-refractivity contribution in [1.82, 2.24) is 4.90 Å². The number of hydrogen-bond donors (Lipinski definition) is 0. The molecule has 1 aromatic rings. The summed E-state index contributed by atoms with van der Waals surface area (Å²) in [5, 5.41) is 0. The maximum Gasteiger partial charge on any atom is 0.253 e. The third-order valence-electron chi connectivity index (χ3n) is 2.46. The molecule has 2 nitrogen and oxygen atoms in total. The lowest BCUT2D eigenvalue weighted by Crippen LogP contribution is -2.34. The summed E-state index contributed by atoms with van der Waals surface area (Å²) in [6.07, 6.45) is 0. The number of carbonyl (C=O) groups is 1. The van der Waals surface area contributed by atoms with E-state index in [0.717, 1.165) is 0 Å². The van der Waals surface area contributed by atoms with E-state index < -0.39 is 0 Å². The average Bonchev–Trinajstić information content (AvgIpc) is 2.18. The molecule has 0 saturated heterocycles. The fraction of sp³-hybridized carbons (Fsp3) is 0.500. The average molecular weight is 237 g/mol. The normalized spacial score (nSPS) is 11.4. The molecule has 3 heteroatoms. The summed E-state index contributed by atoms with van der Waals surface area (Å²) >= 11 is 0. The molecule has 1 amide bonds. The van der Waals surface area contributed by atoms with Crippen molar-refractivity contribution in [1.29, 1.82) is 0 Å². The largest absolute Gasteiger partial charge is 0.341 e. The number of carbonyl (C=O) groups excluding carboxylic acids is 1. The van der Waals surface area contributed by atoms with Gasteiger partial charge in [0.2, 0.25) is 0 Å². The maximum atomic E-state index is 13.1. The van der Waals surface area contributed by atoms with Crippen molar-refractivity contribution in [3.05, 3.63) is 35.1 Å². The van der Waals surface area contributed by atoms with E-state index in [1.165, 1.54) is 12.1 Å². The minimum absolute atomic E-state index is 0.0550. The first-order chi connectivity index (χ1) is 7.70. The van der Waals surface area contributed by atoms with Crippen LogP contribution in [0, 0.1) is 18.2 Å². The Hall–Kier alpha value is -1.38. The second-order valence-corrected chi connectivity index (χ2v) is 5.69. The predicted molar refractivity (Wildman–Crippen MR) is 67.6 cm³/mol. The van der Waals surface area contributed by atoms with E-state index in [9.17, 15) is 9.18 Å². The lowest BCUT2D eigenvalue weighted by atomic mass is 9.96. The SMILES string of the molecule is Cc1cc(C(=O)N(C)CC(C)(C)C)ccc1F. The summed E-state index contributed by atoms with van der Waals surface area (Å²) in [6, 6.07) is 4.47. The van der Waals surface area contributed by atoms with Crippen molar-refractivity contribution < 1.29 is 9.18 Å². The van der Waals surface area contributed by atoms with Crippen molar-refractivity contribution in [2.45, 2.75) is 27.7 Å². The quantitative estimate of drug-likeness (QED) is 0.773. The first-order valence-electron chi connectivity index (χ1n) is 5.72. The van der Waals surface area contributed by atoms with Gasteiger partial charge in [-0.25, -0.2) is 4.39 Å². The van der Waals surface area contributed by atoms with E-state index in [1.54, 1.807) is 24.9 Å². The van der Waals surface area contributed by atoms with E-state index in [2.05, 4.69) is 20.8 Å². The van der Waals surface area contributed by atoms with E-state index in [4.69, 9.17) is 0 Å². The maximum absolute atomic E-state index is 13.1. The molecule has 0 radical (unpaired) electrons. The van der Waals surface area contributed by atoms with Crippen molar-refractivity contribution in [2.24, 2.45) is 5.41 Å². The fourth-order valence-corrected chi connectivity index (χ4v) is 1.78. The van der Waals surface area contributed by atoms with Gasteiger partial charge in [0.15, 0.2) is 0 Å². The van der Waals surface area contributed by atoms with Crippen LogP contribution in [0.15, 0.2) is 18.2 Å². The molecule has 0 aliphatic carbocycles. The summed E-state index contributed by atoms with van der Waals surface area (Å²) in [6.45, 7) is 8.56. The molecule has 1 rings (SSSR count). The lowest BCUT2D eigenvalue weighted by molar-refractivity contribution is 0.0745. The Morgan fingerprint density at radius 2 is 1.94 bits per heavy atom. The molecule has 0 unspecified atom stereocenters. The van der Waals surface area contributed by atoms with Crippen LogP contribution >= 0.6 is 0 Å². The number of benzene rings is 1. The predicted octanol–water partition coefficient (Wildman–Crippen LogP) is 3.25. The summed E-state index contributed by atoms with van der Waals surface area (Å²) in [5.41, 5.74) is 1.09. The van der Waals surface area contributed by atoms with Crippen molar-refractivity contribution >= 4 is 5.91 Å². The molecule has 1 aromatic carbocycles. The number of rotatable bonds is 2. The standard InChI is InChI=1S/C14H20FNO/c1-10-8-11(6-7-12(10)15)13(17)16(5)9-14(2,3)4/h6-8H,9H2,1-5H3. The van der Waals surface area contributed by atoms with Gasteiger partial charge in [0.1, 0.15) is 5.82 Å². The molecule has 17 heavy (non-hydrogen) atoms. The lowest BCUT2D eigenvalue weighted by Gasteiger charge is -2.26. The van der Waals surface area contributed by atoms with Gasteiger partial charge in [-0.15, -0.1) is 0 Å². The van der Waals surface area contributed by atoms with Crippen LogP contribution in [0.2, 0.25) is 0 Å². The topological polar surface area (TPSA) is 20.3 Å². The summed E-state index contributed by atoms with van der Waals surface area (Å²) in [7, 11) is 1.77. The van der Waals surface area contributed by atoms with Gasteiger partial charge in [-0.1, -0.05) is 20.8 Å². The monoisotopic (exact) mass is 237 g/mol. The van der Waals surface area contributed by atoms with Gasteiger partial charge in [-0.05, 0) is 36.1 Å². The highest BCUT2D eigenvalue weighted by atomic mass is 19.1. The molecule has 0 atom stereocenters. The van der Waals surface area contributed by atoms with Crippen LogP contribution in [-0.2, 0) is 0 Å². The van der Waals surface area contributed by atoms with Gasteiger partial charge in [0.05, 0.1) is 0 Å². The molecule has 0 aliphatic heterocycles. The Labute approximate surface area is 102 Å². The van der Waals surface area contributed by atoms with Crippen LogP contribution in [0.4, 0.5) is 4.39 Å². The molecule has 0 fully saturated rings. The molecule has 0 aliphatic rings. The summed E-state index contributed by atoms with van der Waals surface area (Å²) in [4.78, 5) is 13.8. The van der Waals surface area contributed by atoms with Crippen LogP contribution in [-0.4, -0.2) is 24.4 Å². The Morgan fingerprint density at radius 1 is 1.35 bits per heavy atom. The highest BCUT2D eigenvalue weighted by Gasteiger charge is 2.19. The Balaban J connectivity index is 2.85. The molecular formula is C14H20FNO. The third kappa shape index (κ3) is 3.84. The highest BCUT2D eigenvalue weighted by molar-refractivity contribution is 5.94. The molecule has 0 spiro atoms. The number of amides is 1. The van der Waals surface area contributed by atoms with Gasteiger partial charge in [-0.2, -0.15) is 0 Å². The smallest absolute Gasteiger partial charge is 0.253 e. The van der Waals surface area contributed by atoms with Gasteiger partial charge >= 0.3 is 0 Å². The molecule has 0 bridgehead atoms. The number of aryl methyl sites for hydroxylation is 1. The number of nitrogens with zero attached hydrogens (tertiary/aromatic N) is 1. The highest BCUT2D eigenvalue weighted by Crippen LogP contribution is 2.17. The van der Waals surface area contributed by atoms with Crippen LogP contribution in [0.25, 0.3) is 0 Å². The molecule has 0 heterocycles. The van der Waals surface area contributed by atoms with Crippen LogP contribution in [0.1, 0.15) is 36.7 Å². The molecule has 94 valence electrons. The Morgan fingerprint density at radius 3 is 2.41 bits per heavy atom. The Kier molecular flexibility index (Phi) is 3.91. The molecule has 0 N–H and O–H groups in total. The first-order valence-corrected chi connectivity index (χ1v) is 5.72. The fourth-order valence-electron chi connectivity index (χ4n) is 1.78. The minimum Gasteiger partial charge on any atom is -0.341 e. The first kappa shape index (κ1) is 13.7. The van der Waals surface area contributed by atoms with Crippen LogP contribution in [0.3, 0.4) is 0 Å². The number of hydrogen-bond acceptors (Lipinski definition) is 1. The summed E-state index contributed by atoms with van der Waals surface area (Å²) < 4.78 is 13.1. The van der Waals surface area contributed by atoms with E-state index in [0.29, 0.717) is 17.7 Å². The van der Waals surface area contributed by atoms with Gasteiger partial charge in [0.25, 0.3) is 5.91 Å². The number of halogens is 1. The van der Waals surface area contributed by atoms with Crippen LogP contribution < -0.4 is 0 Å². The summed E-state index contributed by atoms with van der Waals surface area (Å²) in [5.74, 6) is -0.344. The second kappa shape index (κ2) is 4.86. The minimum atomic E-state index is -0.278. The van der Waals surface area contributed by atoms with E-state index >= 15 is 0 Å². The zero-order chi connectivity index (χ0) is 13.2. The van der Waals surface area contributed by atoms with Crippen molar-refractivity contribution in [3.63, 3.8) is 0 Å². The molecule has 0 saturated carbocycles.